The van der Waals surface area contributed by atoms with Crippen LogP contribution >= 0.6 is 11.8 Å². The molecule has 1 aromatic rings. The number of fused-ring (bicyclic) bond motifs is 1. The van der Waals surface area contributed by atoms with Crippen molar-refractivity contribution in [1.82, 2.24) is 0 Å². The summed E-state index contributed by atoms with van der Waals surface area (Å²) in [6.45, 7) is 2.37. The Morgan fingerprint density at radius 3 is 2.69 bits per heavy atom. The summed E-state index contributed by atoms with van der Waals surface area (Å²) < 4.78 is 0. The standard InChI is InChI=1S/C15H18S/c1-11-7-8-13-9-16-10-14(13)15(11)12-5-3-2-4-6-12/h2-8,11,13-15H,9-10H2,1H3/t11-,13-,14+,15+/m0/s1. The Morgan fingerprint density at radius 1 is 1.06 bits per heavy atom. The Labute approximate surface area is 102 Å². The lowest BCUT2D eigenvalue weighted by molar-refractivity contribution is 0.326. The minimum atomic E-state index is 0.697. The highest BCUT2D eigenvalue weighted by atomic mass is 32.2. The molecule has 1 heterocycles. The minimum absolute atomic E-state index is 0.697. The number of rotatable bonds is 1. The molecule has 1 saturated heterocycles. The van der Waals surface area contributed by atoms with Gasteiger partial charge in [-0.15, -0.1) is 0 Å². The van der Waals surface area contributed by atoms with Crippen molar-refractivity contribution in [1.29, 1.82) is 0 Å². The van der Waals surface area contributed by atoms with E-state index in [1.165, 1.54) is 17.1 Å². The average Bonchev–Trinajstić information content (AvgIpc) is 2.78. The van der Waals surface area contributed by atoms with Gasteiger partial charge in [-0.25, -0.2) is 0 Å². The van der Waals surface area contributed by atoms with Crippen LogP contribution in [0.4, 0.5) is 0 Å². The summed E-state index contributed by atoms with van der Waals surface area (Å²) >= 11 is 2.13. The highest BCUT2D eigenvalue weighted by molar-refractivity contribution is 7.99. The third-order valence-electron chi connectivity index (χ3n) is 4.04. The molecule has 1 fully saturated rings. The fourth-order valence-corrected chi connectivity index (χ4v) is 4.70. The first-order chi connectivity index (χ1) is 7.86. The van der Waals surface area contributed by atoms with Crippen LogP contribution < -0.4 is 0 Å². The Kier molecular flexibility index (Phi) is 2.81. The van der Waals surface area contributed by atoms with Crippen LogP contribution in [0.25, 0.3) is 0 Å². The molecule has 0 aromatic heterocycles. The van der Waals surface area contributed by atoms with Crippen molar-refractivity contribution in [2.45, 2.75) is 12.8 Å². The fourth-order valence-electron chi connectivity index (χ4n) is 3.21. The molecule has 0 bridgehead atoms. The molecule has 4 atom stereocenters. The maximum Gasteiger partial charge on any atom is -0.000116 e. The summed E-state index contributed by atoms with van der Waals surface area (Å²) in [5, 5.41) is 0. The zero-order valence-corrected chi connectivity index (χ0v) is 10.5. The Hall–Kier alpha value is -0.690. The molecule has 0 spiro atoms. The highest BCUT2D eigenvalue weighted by Gasteiger charge is 2.38. The maximum absolute atomic E-state index is 2.47. The van der Waals surface area contributed by atoms with E-state index in [-0.39, 0.29) is 0 Å². The molecule has 1 aromatic carbocycles. The molecule has 2 aliphatic rings. The molecule has 0 nitrogen and oxygen atoms in total. The van der Waals surface area contributed by atoms with Crippen LogP contribution in [0.2, 0.25) is 0 Å². The molecule has 1 heteroatoms. The van der Waals surface area contributed by atoms with E-state index >= 15 is 0 Å². The van der Waals surface area contributed by atoms with Gasteiger partial charge in [0.1, 0.15) is 0 Å². The van der Waals surface area contributed by atoms with E-state index in [0.717, 1.165) is 17.8 Å². The zero-order chi connectivity index (χ0) is 11.0. The quantitative estimate of drug-likeness (QED) is 0.658. The molecule has 0 N–H and O–H groups in total. The van der Waals surface area contributed by atoms with E-state index in [1.807, 2.05) is 0 Å². The minimum Gasteiger partial charge on any atom is -0.161 e. The molecular weight excluding hydrogens is 212 g/mol. The van der Waals surface area contributed by atoms with E-state index in [1.54, 1.807) is 0 Å². The second-order valence-electron chi connectivity index (χ2n) is 5.05. The smallest absolute Gasteiger partial charge is 0.000116 e. The third-order valence-corrected chi connectivity index (χ3v) is 5.29. The summed E-state index contributed by atoms with van der Waals surface area (Å²) in [4.78, 5) is 0. The van der Waals surface area contributed by atoms with Crippen molar-refractivity contribution in [3.63, 3.8) is 0 Å². The van der Waals surface area contributed by atoms with Gasteiger partial charge >= 0.3 is 0 Å². The normalized spacial score (nSPS) is 37.3. The van der Waals surface area contributed by atoms with E-state index in [9.17, 15) is 0 Å². The summed E-state index contributed by atoms with van der Waals surface area (Å²) in [7, 11) is 0. The summed E-state index contributed by atoms with van der Waals surface area (Å²) in [5.41, 5.74) is 1.54. The summed E-state index contributed by atoms with van der Waals surface area (Å²) in [6.07, 6.45) is 4.90. The lowest BCUT2D eigenvalue weighted by Crippen LogP contribution is -2.27. The Balaban J connectivity index is 1.96. The number of hydrogen-bond donors (Lipinski definition) is 0. The number of benzene rings is 1. The lowest BCUT2D eigenvalue weighted by atomic mass is 9.69. The van der Waals surface area contributed by atoms with Gasteiger partial charge in [-0.05, 0) is 40.7 Å². The molecule has 16 heavy (non-hydrogen) atoms. The molecular formula is C15H18S. The molecule has 0 radical (unpaired) electrons. The van der Waals surface area contributed by atoms with Crippen LogP contribution in [-0.4, -0.2) is 11.5 Å². The largest absolute Gasteiger partial charge is 0.161 e. The summed E-state index contributed by atoms with van der Waals surface area (Å²) in [6, 6.07) is 11.1. The summed E-state index contributed by atoms with van der Waals surface area (Å²) in [5.74, 6) is 5.81. The molecule has 1 aliphatic heterocycles. The first kappa shape index (κ1) is 10.5. The monoisotopic (exact) mass is 230 g/mol. The van der Waals surface area contributed by atoms with E-state index in [2.05, 4.69) is 61.2 Å². The van der Waals surface area contributed by atoms with Gasteiger partial charge in [0.25, 0.3) is 0 Å². The van der Waals surface area contributed by atoms with Gasteiger partial charge in [0.2, 0.25) is 0 Å². The Morgan fingerprint density at radius 2 is 1.88 bits per heavy atom. The second kappa shape index (κ2) is 4.29. The van der Waals surface area contributed by atoms with Crippen molar-refractivity contribution in [3.8, 4) is 0 Å². The van der Waals surface area contributed by atoms with E-state index < -0.39 is 0 Å². The van der Waals surface area contributed by atoms with Crippen LogP contribution in [0.1, 0.15) is 18.4 Å². The van der Waals surface area contributed by atoms with Crippen molar-refractivity contribution in [2.24, 2.45) is 17.8 Å². The number of thioether (sulfide) groups is 1. The molecule has 0 amide bonds. The van der Waals surface area contributed by atoms with E-state index in [0.29, 0.717) is 5.92 Å². The topological polar surface area (TPSA) is 0 Å². The fraction of sp³-hybridized carbons (Fsp3) is 0.467. The van der Waals surface area contributed by atoms with Gasteiger partial charge in [0, 0.05) is 0 Å². The van der Waals surface area contributed by atoms with Crippen LogP contribution in [0.15, 0.2) is 42.5 Å². The first-order valence-electron chi connectivity index (χ1n) is 6.17. The SMILES string of the molecule is C[C@H]1C=C[C@H]2CSC[C@H]2[C@H]1c1ccccc1. The Bertz CT molecular complexity index is 382. The van der Waals surface area contributed by atoms with Crippen LogP contribution in [-0.2, 0) is 0 Å². The lowest BCUT2D eigenvalue weighted by Gasteiger charge is -2.34. The average molecular weight is 230 g/mol. The van der Waals surface area contributed by atoms with Gasteiger partial charge in [0.05, 0.1) is 0 Å². The van der Waals surface area contributed by atoms with Crippen molar-refractivity contribution >= 4 is 11.8 Å². The number of allylic oxidation sites excluding steroid dienone is 2. The van der Waals surface area contributed by atoms with Gasteiger partial charge < -0.3 is 0 Å². The van der Waals surface area contributed by atoms with Crippen LogP contribution in [0.5, 0.6) is 0 Å². The molecule has 3 rings (SSSR count). The van der Waals surface area contributed by atoms with Gasteiger partial charge in [-0.3, -0.25) is 0 Å². The van der Waals surface area contributed by atoms with Crippen LogP contribution in [0, 0.1) is 17.8 Å². The van der Waals surface area contributed by atoms with Gasteiger partial charge in [-0.2, -0.15) is 11.8 Å². The third kappa shape index (κ3) is 1.71. The first-order valence-corrected chi connectivity index (χ1v) is 7.33. The molecule has 84 valence electrons. The van der Waals surface area contributed by atoms with Crippen LogP contribution in [0.3, 0.4) is 0 Å². The van der Waals surface area contributed by atoms with Gasteiger partial charge in [0.15, 0.2) is 0 Å². The molecule has 1 aliphatic carbocycles. The predicted molar refractivity (Wildman–Crippen MR) is 71.8 cm³/mol. The van der Waals surface area contributed by atoms with E-state index in [4.69, 9.17) is 0 Å². The van der Waals surface area contributed by atoms with Gasteiger partial charge in [-0.1, -0.05) is 49.4 Å². The van der Waals surface area contributed by atoms with Crippen molar-refractivity contribution in [2.75, 3.05) is 11.5 Å². The maximum atomic E-state index is 2.47. The second-order valence-corrected chi connectivity index (χ2v) is 6.12. The van der Waals surface area contributed by atoms with Crippen molar-refractivity contribution < 1.29 is 0 Å². The molecule has 0 saturated carbocycles. The number of hydrogen-bond acceptors (Lipinski definition) is 1. The zero-order valence-electron chi connectivity index (χ0n) is 9.67. The predicted octanol–water partition coefficient (Wildman–Crippen LogP) is 3.96. The van der Waals surface area contributed by atoms with Crippen molar-refractivity contribution in [3.05, 3.63) is 48.0 Å². The highest BCUT2D eigenvalue weighted by Crippen LogP contribution is 2.47. The molecule has 0 unspecified atom stereocenters.